The predicted molar refractivity (Wildman–Crippen MR) is 109 cm³/mol. The quantitative estimate of drug-likeness (QED) is 0.688. The Kier molecular flexibility index (Phi) is 4.51. The van der Waals surface area contributed by atoms with E-state index in [-0.39, 0.29) is 16.8 Å². The monoisotopic (exact) mass is 390 g/mol. The molecule has 1 spiro atoms. The molecule has 5 rings (SSSR count). The van der Waals surface area contributed by atoms with Crippen LogP contribution in [0.3, 0.4) is 0 Å². The van der Waals surface area contributed by atoms with Gasteiger partial charge >= 0.3 is 0 Å². The van der Waals surface area contributed by atoms with Crippen molar-refractivity contribution in [1.82, 2.24) is 19.7 Å². The van der Waals surface area contributed by atoms with Crippen LogP contribution in [0.15, 0.2) is 59.4 Å². The van der Waals surface area contributed by atoms with E-state index in [9.17, 15) is 9.18 Å². The number of halogens is 1. The molecule has 5 nitrogen and oxygen atoms in total. The topological polar surface area (TPSA) is 51.0 Å². The van der Waals surface area contributed by atoms with Crippen LogP contribution < -0.4 is 5.56 Å². The Morgan fingerprint density at radius 1 is 0.897 bits per heavy atom. The van der Waals surface area contributed by atoms with Crippen LogP contribution in [-0.4, -0.2) is 32.8 Å². The van der Waals surface area contributed by atoms with E-state index in [1.54, 1.807) is 16.7 Å². The standard InChI is InChI=1S/C23H23FN4O/c24-19-8-6-18(7-9-19)20-21(29)28-15-12-23(22(28)26-25-20)10-13-27(14-11-23)16-17-4-2-1-3-5-17/h1-9H,10-16H2. The van der Waals surface area contributed by atoms with Crippen LogP contribution in [0.25, 0.3) is 11.3 Å². The van der Waals surface area contributed by atoms with Crippen molar-refractivity contribution in [3.8, 4) is 11.3 Å². The van der Waals surface area contributed by atoms with Gasteiger partial charge in [0.1, 0.15) is 11.6 Å². The van der Waals surface area contributed by atoms with E-state index >= 15 is 0 Å². The van der Waals surface area contributed by atoms with E-state index in [0.717, 1.165) is 44.7 Å². The molecule has 3 aromatic rings. The van der Waals surface area contributed by atoms with Gasteiger partial charge in [-0.3, -0.25) is 14.3 Å². The maximum Gasteiger partial charge on any atom is 0.280 e. The van der Waals surface area contributed by atoms with E-state index in [1.807, 2.05) is 6.07 Å². The highest BCUT2D eigenvalue weighted by Gasteiger charge is 2.44. The minimum atomic E-state index is -0.329. The van der Waals surface area contributed by atoms with Crippen LogP contribution in [0.1, 0.15) is 30.7 Å². The van der Waals surface area contributed by atoms with Gasteiger partial charge in [0.25, 0.3) is 5.56 Å². The van der Waals surface area contributed by atoms with E-state index in [2.05, 4.69) is 39.4 Å². The Balaban J connectivity index is 1.37. The van der Waals surface area contributed by atoms with Crippen molar-refractivity contribution in [2.75, 3.05) is 13.1 Å². The first-order valence-electron chi connectivity index (χ1n) is 10.1. The molecule has 0 radical (unpaired) electrons. The van der Waals surface area contributed by atoms with Crippen molar-refractivity contribution in [1.29, 1.82) is 0 Å². The lowest BCUT2D eigenvalue weighted by Crippen LogP contribution is -2.42. The molecular formula is C23H23FN4O. The zero-order valence-electron chi connectivity index (χ0n) is 16.2. The summed E-state index contributed by atoms with van der Waals surface area (Å²) in [4.78, 5) is 15.5. The third kappa shape index (κ3) is 3.27. The lowest BCUT2D eigenvalue weighted by Gasteiger charge is -2.38. The Hall–Kier alpha value is -2.86. The van der Waals surface area contributed by atoms with Crippen molar-refractivity contribution in [3.63, 3.8) is 0 Å². The van der Waals surface area contributed by atoms with Gasteiger partial charge in [-0.15, -0.1) is 10.2 Å². The summed E-state index contributed by atoms with van der Waals surface area (Å²) in [5.41, 5.74) is 2.06. The van der Waals surface area contributed by atoms with Gasteiger partial charge in [0, 0.05) is 24.1 Å². The maximum atomic E-state index is 13.2. The zero-order chi connectivity index (χ0) is 19.8. The van der Waals surface area contributed by atoms with Gasteiger partial charge in [-0.05, 0) is 62.2 Å². The van der Waals surface area contributed by atoms with E-state index < -0.39 is 0 Å². The molecule has 3 heterocycles. The molecule has 2 aliphatic heterocycles. The normalized spacial score (nSPS) is 18.1. The number of nitrogens with zero attached hydrogens (tertiary/aromatic N) is 4. The van der Waals surface area contributed by atoms with Crippen LogP contribution in [0.4, 0.5) is 4.39 Å². The molecule has 0 saturated carbocycles. The molecule has 0 atom stereocenters. The van der Waals surface area contributed by atoms with Gasteiger partial charge in [-0.1, -0.05) is 30.3 Å². The minimum Gasteiger partial charge on any atom is -0.299 e. The summed E-state index contributed by atoms with van der Waals surface area (Å²) in [5.74, 6) is 0.497. The molecule has 1 saturated heterocycles. The third-order valence-electron chi connectivity index (χ3n) is 6.42. The first-order chi connectivity index (χ1) is 14.1. The lowest BCUT2D eigenvalue weighted by atomic mass is 9.76. The minimum absolute atomic E-state index is 0.0549. The van der Waals surface area contributed by atoms with Gasteiger partial charge in [0.15, 0.2) is 5.69 Å². The molecule has 148 valence electrons. The number of hydrogen-bond acceptors (Lipinski definition) is 4. The number of piperidine rings is 1. The first-order valence-corrected chi connectivity index (χ1v) is 10.1. The van der Waals surface area contributed by atoms with Crippen molar-refractivity contribution >= 4 is 0 Å². The molecule has 0 N–H and O–H groups in total. The molecule has 6 heteroatoms. The second-order valence-electron chi connectivity index (χ2n) is 8.13. The molecular weight excluding hydrogens is 367 g/mol. The Bertz CT molecular complexity index is 1070. The van der Waals surface area contributed by atoms with Crippen molar-refractivity contribution < 1.29 is 4.39 Å². The molecule has 2 aromatic carbocycles. The summed E-state index contributed by atoms with van der Waals surface area (Å²) in [6.45, 7) is 3.62. The largest absolute Gasteiger partial charge is 0.299 e. The van der Waals surface area contributed by atoms with Crippen LogP contribution in [-0.2, 0) is 18.5 Å². The summed E-state index contributed by atoms with van der Waals surface area (Å²) < 4.78 is 15.0. The van der Waals surface area contributed by atoms with Gasteiger partial charge in [-0.2, -0.15) is 0 Å². The number of fused-ring (bicyclic) bond motifs is 2. The van der Waals surface area contributed by atoms with Crippen molar-refractivity contribution in [2.45, 2.75) is 37.8 Å². The van der Waals surface area contributed by atoms with Crippen LogP contribution in [0.2, 0.25) is 0 Å². The van der Waals surface area contributed by atoms with Crippen molar-refractivity contribution in [3.05, 3.63) is 82.2 Å². The number of likely N-dealkylation sites (tertiary alicyclic amines) is 1. The van der Waals surface area contributed by atoms with Crippen LogP contribution in [0, 0.1) is 5.82 Å². The molecule has 0 bridgehead atoms. The first kappa shape index (κ1) is 18.2. The van der Waals surface area contributed by atoms with E-state index in [1.165, 1.54) is 17.7 Å². The predicted octanol–water partition coefficient (Wildman–Crippen LogP) is 3.38. The molecule has 0 aliphatic carbocycles. The lowest BCUT2D eigenvalue weighted by molar-refractivity contribution is 0.149. The van der Waals surface area contributed by atoms with E-state index in [4.69, 9.17) is 0 Å². The summed E-state index contributed by atoms with van der Waals surface area (Å²) in [7, 11) is 0. The average molecular weight is 390 g/mol. The fourth-order valence-corrected chi connectivity index (χ4v) is 4.70. The molecule has 0 amide bonds. The maximum absolute atomic E-state index is 13.2. The summed E-state index contributed by atoms with van der Waals surface area (Å²) in [6.07, 6.45) is 2.91. The van der Waals surface area contributed by atoms with Gasteiger partial charge in [-0.25, -0.2) is 4.39 Å². The highest BCUT2D eigenvalue weighted by Crippen LogP contribution is 2.41. The molecule has 1 aromatic heterocycles. The van der Waals surface area contributed by atoms with E-state index in [0.29, 0.717) is 17.8 Å². The second-order valence-corrected chi connectivity index (χ2v) is 8.13. The number of hydrogen-bond donors (Lipinski definition) is 0. The molecule has 0 unspecified atom stereocenters. The Morgan fingerprint density at radius 3 is 2.31 bits per heavy atom. The second kappa shape index (κ2) is 7.19. The van der Waals surface area contributed by atoms with Gasteiger partial charge in [0.05, 0.1) is 0 Å². The fraction of sp³-hybridized carbons (Fsp3) is 0.348. The number of rotatable bonds is 3. The van der Waals surface area contributed by atoms with Crippen LogP contribution in [0.5, 0.6) is 0 Å². The summed E-state index contributed by atoms with van der Waals surface area (Å²) in [6, 6.07) is 16.4. The Morgan fingerprint density at radius 2 is 1.59 bits per heavy atom. The highest BCUT2D eigenvalue weighted by atomic mass is 19.1. The van der Waals surface area contributed by atoms with Crippen molar-refractivity contribution in [2.24, 2.45) is 0 Å². The average Bonchev–Trinajstić information content (AvgIpc) is 3.11. The Labute approximate surface area is 168 Å². The van der Waals surface area contributed by atoms with Gasteiger partial charge < -0.3 is 0 Å². The van der Waals surface area contributed by atoms with Crippen LogP contribution >= 0.6 is 0 Å². The zero-order valence-corrected chi connectivity index (χ0v) is 16.2. The SMILES string of the molecule is O=c1c(-c2ccc(F)cc2)nnc2n1CCC21CCN(Cc2ccccc2)CC1. The summed E-state index contributed by atoms with van der Waals surface area (Å²) in [5, 5.41) is 8.77. The number of aromatic nitrogens is 3. The molecule has 1 fully saturated rings. The fourth-order valence-electron chi connectivity index (χ4n) is 4.70. The smallest absolute Gasteiger partial charge is 0.280 e. The summed E-state index contributed by atoms with van der Waals surface area (Å²) >= 11 is 0. The highest BCUT2D eigenvalue weighted by molar-refractivity contribution is 5.57. The third-order valence-corrected chi connectivity index (χ3v) is 6.42. The number of benzene rings is 2. The molecule has 29 heavy (non-hydrogen) atoms. The molecule has 2 aliphatic rings. The van der Waals surface area contributed by atoms with Gasteiger partial charge in [0.2, 0.25) is 0 Å².